The fourth-order valence-electron chi connectivity index (χ4n) is 2.41. The largest absolute Gasteiger partial charge is 0.0890 e. The molecule has 2 fully saturated rings. The van der Waals surface area contributed by atoms with Crippen molar-refractivity contribution in [1.29, 1.82) is 0 Å². The third kappa shape index (κ3) is 0.938. The summed E-state index contributed by atoms with van der Waals surface area (Å²) in [6.07, 6.45) is 8.98. The van der Waals surface area contributed by atoms with Crippen molar-refractivity contribution in [2.24, 2.45) is 5.41 Å². The Morgan fingerprint density at radius 3 is 2.11 bits per heavy atom. The van der Waals surface area contributed by atoms with Gasteiger partial charge in [-0.1, -0.05) is 28.8 Å². The Bertz CT molecular complexity index is 106. The van der Waals surface area contributed by atoms with Crippen molar-refractivity contribution >= 4 is 15.9 Å². The summed E-state index contributed by atoms with van der Waals surface area (Å²) in [5, 5.41) is 0. The van der Waals surface area contributed by atoms with Crippen LogP contribution in [0, 0.1) is 5.41 Å². The summed E-state index contributed by atoms with van der Waals surface area (Å²) in [6, 6.07) is 0. The first-order chi connectivity index (χ1) is 4.31. The normalized spacial score (nSPS) is 33.0. The number of alkyl halides is 1. The fourth-order valence-corrected chi connectivity index (χ4v) is 3.79. The van der Waals surface area contributed by atoms with Gasteiger partial charge < -0.3 is 0 Å². The number of hydrogen-bond donors (Lipinski definition) is 0. The molecule has 0 unspecified atom stereocenters. The number of rotatable bonds is 0. The van der Waals surface area contributed by atoms with Gasteiger partial charge >= 0.3 is 0 Å². The molecule has 0 N–H and O–H groups in total. The quantitative estimate of drug-likeness (QED) is 0.513. The van der Waals surface area contributed by atoms with E-state index in [-0.39, 0.29) is 0 Å². The molecule has 0 radical (unpaired) electrons. The molecule has 0 saturated heterocycles. The van der Waals surface area contributed by atoms with Gasteiger partial charge in [-0.25, -0.2) is 0 Å². The van der Waals surface area contributed by atoms with E-state index in [1.54, 1.807) is 0 Å². The summed E-state index contributed by atoms with van der Waals surface area (Å²) in [6.45, 7) is 0. The minimum absolute atomic E-state index is 0.841. The Morgan fingerprint density at radius 1 is 1.11 bits per heavy atom. The highest BCUT2D eigenvalue weighted by atomic mass is 79.9. The molecule has 2 aliphatic carbocycles. The van der Waals surface area contributed by atoms with E-state index in [0.717, 1.165) is 10.2 Å². The van der Waals surface area contributed by atoms with Gasteiger partial charge in [0.15, 0.2) is 0 Å². The van der Waals surface area contributed by atoms with Crippen molar-refractivity contribution < 1.29 is 0 Å². The predicted octanol–water partition coefficient (Wildman–Crippen LogP) is 3.10. The average Bonchev–Trinajstić information content (AvgIpc) is 2.12. The zero-order chi connectivity index (χ0) is 6.32. The lowest BCUT2D eigenvalue weighted by atomic mass is 9.68. The second-order valence-corrected chi connectivity index (χ2v) is 5.01. The summed E-state index contributed by atoms with van der Waals surface area (Å²) in [5.41, 5.74) is 0.841. The van der Waals surface area contributed by atoms with E-state index in [1.165, 1.54) is 38.5 Å². The molecular weight excluding hydrogens is 176 g/mol. The van der Waals surface area contributed by atoms with Gasteiger partial charge in [-0.3, -0.25) is 0 Å². The summed E-state index contributed by atoms with van der Waals surface area (Å²) < 4.78 is 0. The molecule has 0 aromatic rings. The van der Waals surface area contributed by atoms with Crippen LogP contribution in [0.15, 0.2) is 0 Å². The van der Waals surface area contributed by atoms with Gasteiger partial charge in [-0.15, -0.1) is 0 Å². The molecule has 0 aromatic carbocycles. The molecule has 0 nitrogen and oxygen atoms in total. The van der Waals surface area contributed by atoms with E-state index in [0.29, 0.717) is 0 Å². The second-order valence-electron chi connectivity index (χ2n) is 3.71. The van der Waals surface area contributed by atoms with Gasteiger partial charge in [0.1, 0.15) is 0 Å². The van der Waals surface area contributed by atoms with Crippen LogP contribution >= 0.6 is 15.9 Å². The standard InChI is InChI=1S/C8H13Br/c9-7-5-8(6-7)3-1-2-4-8/h7H,1-6H2. The topological polar surface area (TPSA) is 0 Å². The molecule has 0 amide bonds. The lowest BCUT2D eigenvalue weighted by Crippen LogP contribution is -2.34. The second kappa shape index (κ2) is 1.98. The van der Waals surface area contributed by atoms with E-state index in [9.17, 15) is 0 Å². The summed E-state index contributed by atoms with van der Waals surface area (Å²) in [4.78, 5) is 0.871. The Labute approximate surface area is 65.1 Å². The lowest BCUT2D eigenvalue weighted by Gasteiger charge is -2.42. The van der Waals surface area contributed by atoms with Gasteiger partial charge in [0.25, 0.3) is 0 Å². The lowest BCUT2D eigenvalue weighted by molar-refractivity contribution is 0.156. The molecule has 0 bridgehead atoms. The van der Waals surface area contributed by atoms with Gasteiger partial charge in [-0.2, -0.15) is 0 Å². The van der Waals surface area contributed by atoms with Gasteiger partial charge in [0.05, 0.1) is 0 Å². The molecule has 2 rings (SSSR count). The monoisotopic (exact) mass is 188 g/mol. The highest BCUT2D eigenvalue weighted by Gasteiger charge is 2.44. The molecule has 52 valence electrons. The minimum Gasteiger partial charge on any atom is -0.0890 e. The van der Waals surface area contributed by atoms with Crippen molar-refractivity contribution in [3.05, 3.63) is 0 Å². The number of halogens is 1. The van der Waals surface area contributed by atoms with Crippen molar-refractivity contribution in [3.8, 4) is 0 Å². The first kappa shape index (κ1) is 6.21. The van der Waals surface area contributed by atoms with Gasteiger partial charge in [0, 0.05) is 4.83 Å². The van der Waals surface area contributed by atoms with Crippen LogP contribution in [0.25, 0.3) is 0 Å². The van der Waals surface area contributed by atoms with Crippen molar-refractivity contribution in [1.82, 2.24) is 0 Å². The summed E-state index contributed by atoms with van der Waals surface area (Å²) in [5.74, 6) is 0. The summed E-state index contributed by atoms with van der Waals surface area (Å²) in [7, 11) is 0. The van der Waals surface area contributed by atoms with Gasteiger partial charge in [0.2, 0.25) is 0 Å². The third-order valence-corrected chi connectivity index (χ3v) is 3.62. The summed E-state index contributed by atoms with van der Waals surface area (Å²) >= 11 is 3.65. The van der Waals surface area contributed by atoms with Crippen LogP contribution in [-0.4, -0.2) is 4.83 Å². The Morgan fingerprint density at radius 2 is 1.67 bits per heavy atom. The smallest absolute Gasteiger partial charge is 0.0156 e. The molecule has 0 aliphatic heterocycles. The van der Waals surface area contributed by atoms with E-state index in [4.69, 9.17) is 0 Å². The Kier molecular flexibility index (Phi) is 1.37. The molecule has 0 atom stereocenters. The van der Waals surface area contributed by atoms with Crippen LogP contribution in [0.1, 0.15) is 38.5 Å². The van der Waals surface area contributed by atoms with E-state index < -0.39 is 0 Å². The van der Waals surface area contributed by atoms with E-state index >= 15 is 0 Å². The molecule has 0 heterocycles. The molecule has 2 saturated carbocycles. The van der Waals surface area contributed by atoms with E-state index in [1.807, 2.05) is 0 Å². The molecule has 2 aliphatic rings. The van der Waals surface area contributed by atoms with Gasteiger partial charge in [-0.05, 0) is 31.1 Å². The third-order valence-electron chi connectivity index (χ3n) is 2.97. The average molecular weight is 189 g/mol. The van der Waals surface area contributed by atoms with Crippen molar-refractivity contribution in [2.45, 2.75) is 43.4 Å². The highest BCUT2D eigenvalue weighted by Crippen LogP contribution is 2.55. The van der Waals surface area contributed by atoms with Crippen LogP contribution in [-0.2, 0) is 0 Å². The van der Waals surface area contributed by atoms with Crippen molar-refractivity contribution in [3.63, 3.8) is 0 Å². The maximum absolute atomic E-state index is 3.65. The zero-order valence-electron chi connectivity index (χ0n) is 5.70. The zero-order valence-corrected chi connectivity index (χ0v) is 7.28. The molecule has 1 heteroatoms. The fraction of sp³-hybridized carbons (Fsp3) is 1.00. The first-order valence-electron chi connectivity index (χ1n) is 3.95. The maximum atomic E-state index is 3.65. The molecule has 1 spiro atoms. The van der Waals surface area contributed by atoms with Crippen molar-refractivity contribution in [2.75, 3.05) is 0 Å². The maximum Gasteiger partial charge on any atom is 0.0156 e. The van der Waals surface area contributed by atoms with Crippen LogP contribution in [0.5, 0.6) is 0 Å². The first-order valence-corrected chi connectivity index (χ1v) is 4.86. The Balaban J connectivity index is 1.95. The number of hydrogen-bond acceptors (Lipinski definition) is 0. The predicted molar refractivity (Wildman–Crippen MR) is 42.9 cm³/mol. The van der Waals surface area contributed by atoms with Crippen LogP contribution < -0.4 is 0 Å². The Hall–Kier alpha value is 0.480. The molecule has 9 heavy (non-hydrogen) atoms. The highest BCUT2D eigenvalue weighted by molar-refractivity contribution is 9.09. The SMILES string of the molecule is BrC1CC2(CCCC2)C1. The molecule has 0 aromatic heterocycles. The van der Waals surface area contributed by atoms with Crippen LogP contribution in [0.2, 0.25) is 0 Å². The molecular formula is C8H13Br. The van der Waals surface area contributed by atoms with Crippen LogP contribution in [0.4, 0.5) is 0 Å². The van der Waals surface area contributed by atoms with E-state index in [2.05, 4.69) is 15.9 Å². The van der Waals surface area contributed by atoms with Crippen LogP contribution in [0.3, 0.4) is 0 Å². The minimum atomic E-state index is 0.841.